The van der Waals surface area contributed by atoms with Gasteiger partial charge in [-0.25, -0.2) is 8.42 Å². The lowest BCUT2D eigenvalue weighted by atomic mass is 10.0. The van der Waals surface area contributed by atoms with E-state index in [-0.39, 0.29) is 17.4 Å². The Bertz CT molecular complexity index is 939. The van der Waals surface area contributed by atoms with Gasteiger partial charge in [0.1, 0.15) is 11.0 Å². The van der Waals surface area contributed by atoms with Gasteiger partial charge in [0.2, 0.25) is 10.0 Å². The van der Waals surface area contributed by atoms with Crippen LogP contribution in [0.2, 0.25) is 0 Å². The van der Waals surface area contributed by atoms with Gasteiger partial charge in [0, 0.05) is 26.2 Å². The van der Waals surface area contributed by atoms with E-state index in [0.717, 1.165) is 17.7 Å². The molecule has 1 aliphatic heterocycles. The molecule has 0 spiro atoms. The van der Waals surface area contributed by atoms with Crippen molar-refractivity contribution in [3.8, 4) is 0 Å². The van der Waals surface area contributed by atoms with Gasteiger partial charge in [-0.15, -0.1) is 5.10 Å². The van der Waals surface area contributed by atoms with E-state index < -0.39 is 10.0 Å². The van der Waals surface area contributed by atoms with Crippen molar-refractivity contribution in [2.75, 3.05) is 32.8 Å². The molecule has 0 aliphatic carbocycles. The third kappa shape index (κ3) is 4.12. The molecule has 0 radical (unpaired) electrons. The number of amides is 1. The van der Waals surface area contributed by atoms with E-state index in [1.165, 1.54) is 16.4 Å². The molecule has 3 rings (SSSR count). The fourth-order valence-electron chi connectivity index (χ4n) is 3.43. The van der Waals surface area contributed by atoms with Crippen molar-refractivity contribution in [1.82, 2.24) is 24.4 Å². The number of carbonyl (C=O) groups excluding carboxylic acids is 1. The van der Waals surface area contributed by atoms with Crippen LogP contribution in [0.15, 0.2) is 23.1 Å². The van der Waals surface area contributed by atoms with Gasteiger partial charge in [-0.05, 0) is 56.0 Å². The van der Waals surface area contributed by atoms with Crippen molar-refractivity contribution in [3.63, 3.8) is 0 Å². The van der Waals surface area contributed by atoms with Gasteiger partial charge >= 0.3 is 0 Å². The van der Waals surface area contributed by atoms with Crippen molar-refractivity contribution in [3.05, 3.63) is 18.2 Å². The minimum absolute atomic E-state index is 0.167. The highest BCUT2D eigenvalue weighted by Crippen LogP contribution is 2.25. The number of carbonyl (C=O) groups is 1. The van der Waals surface area contributed by atoms with Crippen molar-refractivity contribution < 1.29 is 18.0 Å². The average Bonchev–Trinajstić information content (AvgIpc) is 3.09. The SMILES string of the molecule is CCN(CC)C(=O)COn1nnc2ccc(S(=O)(=O)N3CCC[C@@H](C)C3)cc21. The Morgan fingerprint density at radius 3 is 2.75 bits per heavy atom. The number of hydrogen-bond acceptors (Lipinski definition) is 6. The fraction of sp³-hybridized carbons (Fsp3) is 0.611. The Morgan fingerprint density at radius 1 is 1.32 bits per heavy atom. The minimum atomic E-state index is -3.60. The van der Waals surface area contributed by atoms with Crippen LogP contribution < -0.4 is 4.84 Å². The van der Waals surface area contributed by atoms with E-state index in [1.807, 2.05) is 13.8 Å². The molecule has 1 saturated heterocycles. The topological polar surface area (TPSA) is 97.6 Å². The first-order valence-corrected chi connectivity index (χ1v) is 11.1. The Hall–Kier alpha value is -2.20. The van der Waals surface area contributed by atoms with E-state index in [9.17, 15) is 13.2 Å². The predicted octanol–water partition coefficient (Wildman–Crippen LogP) is 1.15. The zero-order chi connectivity index (χ0) is 20.3. The molecule has 1 aliphatic rings. The number of likely N-dealkylation sites (N-methyl/N-ethyl adjacent to an activating group) is 1. The molecule has 1 amide bonds. The number of sulfonamides is 1. The number of fused-ring (bicyclic) bond motifs is 1. The maximum atomic E-state index is 13.0. The summed E-state index contributed by atoms with van der Waals surface area (Å²) < 4.78 is 27.6. The first-order chi connectivity index (χ1) is 13.4. The summed E-state index contributed by atoms with van der Waals surface area (Å²) in [6, 6.07) is 4.65. The van der Waals surface area contributed by atoms with Gasteiger partial charge in [-0.2, -0.15) is 4.31 Å². The molecule has 0 unspecified atom stereocenters. The predicted molar refractivity (Wildman–Crippen MR) is 104 cm³/mol. The second-order valence-corrected chi connectivity index (χ2v) is 9.00. The highest BCUT2D eigenvalue weighted by Gasteiger charge is 2.29. The van der Waals surface area contributed by atoms with E-state index >= 15 is 0 Å². The molecule has 0 saturated carbocycles. The Morgan fingerprint density at radius 2 is 2.07 bits per heavy atom. The molecular weight excluding hydrogens is 382 g/mol. The molecule has 1 aromatic heterocycles. The number of rotatable bonds is 7. The number of benzene rings is 1. The lowest BCUT2D eigenvalue weighted by Crippen LogP contribution is -2.39. The highest BCUT2D eigenvalue weighted by molar-refractivity contribution is 7.89. The van der Waals surface area contributed by atoms with E-state index in [2.05, 4.69) is 17.2 Å². The summed E-state index contributed by atoms with van der Waals surface area (Å²) in [6.07, 6.45) is 1.90. The molecule has 9 nitrogen and oxygen atoms in total. The quantitative estimate of drug-likeness (QED) is 0.680. The number of nitrogens with zero attached hydrogens (tertiary/aromatic N) is 5. The first-order valence-electron chi connectivity index (χ1n) is 9.63. The molecule has 2 aromatic rings. The Balaban J connectivity index is 1.83. The highest BCUT2D eigenvalue weighted by atomic mass is 32.2. The number of piperidine rings is 1. The summed E-state index contributed by atoms with van der Waals surface area (Å²) in [5.74, 6) is 0.175. The van der Waals surface area contributed by atoms with Gasteiger partial charge in [0.25, 0.3) is 5.91 Å². The minimum Gasteiger partial charge on any atom is -0.385 e. The molecule has 28 heavy (non-hydrogen) atoms. The molecular formula is C18H27N5O4S. The van der Waals surface area contributed by atoms with Crippen LogP contribution in [0.3, 0.4) is 0 Å². The largest absolute Gasteiger partial charge is 0.385 e. The van der Waals surface area contributed by atoms with Crippen molar-refractivity contribution in [1.29, 1.82) is 0 Å². The van der Waals surface area contributed by atoms with Crippen LogP contribution in [0.5, 0.6) is 0 Å². The molecule has 154 valence electrons. The third-order valence-corrected chi connectivity index (χ3v) is 6.93. The summed E-state index contributed by atoms with van der Waals surface area (Å²) in [6.45, 7) is 7.88. The maximum Gasteiger partial charge on any atom is 0.263 e. The fourth-order valence-corrected chi connectivity index (χ4v) is 5.05. The Kier molecular flexibility index (Phi) is 6.19. The zero-order valence-electron chi connectivity index (χ0n) is 16.5. The second-order valence-electron chi connectivity index (χ2n) is 7.06. The monoisotopic (exact) mass is 409 g/mol. The number of hydrogen-bond donors (Lipinski definition) is 0. The van der Waals surface area contributed by atoms with Gasteiger partial charge in [-0.3, -0.25) is 4.79 Å². The van der Waals surface area contributed by atoms with Gasteiger partial charge in [-0.1, -0.05) is 11.8 Å². The maximum absolute atomic E-state index is 13.0. The summed E-state index contributed by atoms with van der Waals surface area (Å²) in [7, 11) is -3.60. The van der Waals surface area contributed by atoms with Crippen molar-refractivity contribution in [2.45, 2.75) is 38.5 Å². The van der Waals surface area contributed by atoms with Crippen LogP contribution in [-0.4, -0.2) is 71.5 Å². The van der Waals surface area contributed by atoms with Crippen LogP contribution in [0.25, 0.3) is 11.0 Å². The Labute approximate surface area is 165 Å². The molecule has 0 bridgehead atoms. The summed E-state index contributed by atoms with van der Waals surface area (Å²) in [5.41, 5.74) is 0.916. The van der Waals surface area contributed by atoms with Crippen LogP contribution in [0, 0.1) is 5.92 Å². The second kappa shape index (κ2) is 8.44. The smallest absolute Gasteiger partial charge is 0.263 e. The average molecular weight is 410 g/mol. The summed E-state index contributed by atoms with van der Waals surface area (Å²) in [5, 5.41) is 7.88. The summed E-state index contributed by atoms with van der Waals surface area (Å²) >= 11 is 0. The van der Waals surface area contributed by atoms with Crippen LogP contribution in [-0.2, 0) is 14.8 Å². The van der Waals surface area contributed by atoms with E-state index in [0.29, 0.717) is 43.1 Å². The lowest BCUT2D eigenvalue weighted by Gasteiger charge is -2.30. The van der Waals surface area contributed by atoms with Crippen LogP contribution >= 0.6 is 0 Å². The zero-order valence-corrected chi connectivity index (χ0v) is 17.4. The van der Waals surface area contributed by atoms with Crippen molar-refractivity contribution in [2.24, 2.45) is 5.92 Å². The molecule has 1 atom stereocenters. The molecule has 0 N–H and O–H groups in total. The first kappa shape index (κ1) is 20.5. The third-order valence-electron chi connectivity index (χ3n) is 5.07. The van der Waals surface area contributed by atoms with E-state index in [1.54, 1.807) is 11.0 Å². The molecule has 1 aromatic carbocycles. The normalized spacial score (nSPS) is 18.3. The standard InChI is InChI=1S/C18H27N5O4S/c1-4-21(5-2)18(24)13-27-23-17-11-15(8-9-16(17)19-20-23)28(25,26)22-10-6-7-14(3)12-22/h8-9,11,14H,4-7,10,12-13H2,1-3H3/t14-/m1/s1. The number of aromatic nitrogens is 3. The van der Waals surface area contributed by atoms with Crippen molar-refractivity contribution >= 4 is 27.0 Å². The lowest BCUT2D eigenvalue weighted by molar-refractivity contribution is -0.136. The molecule has 1 fully saturated rings. The van der Waals surface area contributed by atoms with E-state index in [4.69, 9.17) is 4.84 Å². The van der Waals surface area contributed by atoms with Gasteiger partial charge < -0.3 is 9.74 Å². The van der Waals surface area contributed by atoms with Gasteiger partial charge in [0.15, 0.2) is 6.61 Å². The van der Waals surface area contributed by atoms with Crippen LogP contribution in [0.1, 0.15) is 33.6 Å². The van der Waals surface area contributed by atoms with Crippen LogP contribution in [0.4, 0.5) is 0 Å². The molecule has 2 heterocycles. The molecule has 10 heteroatoms. The van der Waals surface area contributed by atoms with Gasteiger partial charge in [0.05, 0.1) is 4.90 Å². The summed E-state index contributed by atoms with van der Waals surface area (Å²) in [4.78, 5) is 20.6.